The molecule has 3 rings (SSSR count). The second-order valence-corrected chi connectivity index (χ2v) is 7.71. The third-order valence-corrected chi connectivity index (χ3v) is 5.93. The second kappa shape index (κ2) is 10.5. The smallest absolute Gasteiger partial charge is 0.409 e. The molecule has 0 spiro atoms. The number of hydrogen-bond donors (Lipinski definition) is 0. The third kappa shape index (κ3) is 5.16. The van der Waals surface area contributed by atoms with E-state index in [-0.39, 0.29) is 17.9 Å². The van der Waals surface area contributed by atoms with E-state index in [1.807, 2.05) is 17.0 Å². The minimum Gasteiger partial charge on any atom is -0.493 e. The fraction of sp³-hybridized carbons (Fsp3) is 0.636. The topological polar surface area (TPSA) is 71.6 Å². The predicted octanol–water partition coefficient (Wildman–Crippen LogP) is 2.22. The average molecular weight is 420 g/mol. The highest BCUT2D eigenvalue weighted by atomic mass is 16.6. The number of ether oxygens (including phenoxy) is 3. The van der Waals surface area contributed by atoms with E-state index in [1.165, 1.54) is 0 Å². The fourth-order valence-corrected chi connectivity index (χ4v) is 4.24. The Bertz CT molecular complexity index is 725. The molecule has 0 bridgehead atoms. The molecule has 0 unspecified atom stereocenters. The zero-order valence-electron chi connectivity index (χ0n) is 18.3. The van der Waals surface area contributed by atoms with Crippen LogP contribution in [0.3, 0.4) is 0 Å². The molecule has 30 heavy (non-hydrogen) atoms. The van der Waals surface area contributed by atoms with Crippen LogP contribution in [0.2, 0.25) is 0 Å². The van der Waals surface area contributed by atoms with Gasteiger partial charge in [0.25, 0.3) is 0 Å². The summed E-state index contributed by atoms with van der Waals surface area (Å²) < 4.78 is 16.0. The Morgan fingerprint density at radius 3 is 2.23 bits per heavy atom. The van der Waals surface area contributed by atoms with Crippen LogP contribution < -0.4 is 9.47 Å². The molecule has 2 amide bonds. The Morgan fingerprint density at radius 1 is 0.967 bits per heavy atom. The van der Waals surface area contributed by atoms with Crippen LogP contribution in [0.4, 0.5) is 4.79 Å². The van der Waals surface area contributed by atoms with Crippen LogP contribution in [-0.2, 0) is 16.1 Å². The van der Waals surface area contributed by atoms with Crippen LogP contribution in [-0.4, -0.2) is 86.8 Å². The second-order valence-electron chi connectivity index (χ2n) is 7.71. The maximum atomic E-state index is 12.9. The van der Waals surface area contributed by atoms with Crippen LogP contribution in [0.5, 0.6) is 11.5 Å². The molecule has 0 aliphatic carbocycles. The molecule has 2 aliphatic heterocycles. The van der Waals surface area contributed by atoms with E-state index in [1.54, 1.807) is 26.0 Å². The van der Waals surface area contributed by atoms with E-state index in [9.17, 15) is 9.59 Å². The van der Waals surface area contributed by atoms with Crippen molar-refractivity contribution in [2.75, 3.05) is 60.1 Å². The van der Waals surface area contributed by atoms with Gasteiger partial charge in [-0.2, -0.15) is 0 Å². The highest BCUT2D eigenvalue weighted by Gasteiger charge is 2.31. The van der Waals surface area contributed by atoms with Gasteiger partial charge in [0.05, 0.1) is 20.8 Å². The molecule has 1 aromatic carbocycles. The lowest BCUT2D eigenvalue weighted by molar-refractivity contribution is -0.138. The first-order valence-electron chi connectivity index (χ1n) is 10.7. The van der Waals surface area contributed by atoms with Gasteiger partial charge in [-0.3, -0.25) is 9.69 Å². The summed E-state index contributed by atoms with van der Waals surface area (Å²) in [6, 6.07) is 5.93. The Balaban J connectivity index is 1.48. The maximum Gasteiger partial charge on any atom is 0.409 e. The first-order valence-corrected chi connectivity index (χ1v) is 10.7. The summed E-state index contributed by atoms with van der Waals surface area (Å²) in [4.78, 5) is 30.7. The van der Waals surface area contributed by atoms with E-state index in [4.69, 9.17) is 14.2 Å². The van der Waals surface area contributed by atoms with Gasteiger partial charge in [-0.25, -0.2) is 4.79 Å². The summed E-state index contributed by atoms with van der Waals surface area (Å²) in [6.45, 7) is 6.95. The van der Waals surface area contributed by atoms with Crippen molar-refractivity contribution >= 4 is 12.0 Å². The zero-order valence-corrected chi connectivity index (χ0v) is 18.3. The fourth-order valence-electron chi connectivity index (χ4n) is 4.24. The molecule has 166 valence electrons. The molecular formula is C22H33N3O5. The molecule has 2 fully saturated rings. The Kier molecular flexibility index (Phi) is 7.79. The number of benzene rings is 1. The summed E-state index contributed by atoms with van der Waals surface area (Å²) in [7, 11) is 3.30. The summed E-state index contributed by atoms with van der Waals surface area (Å²) in [6.07, 6.45) is 1.41. The van der Waals surface area contributed by atoms with Crippen molar-refractivity contribution < 1.29 is 23.8 Å². The molecule has 0 saturated carbocycles. The van der Waals surface area contributed by atoms with Crippen LogP contribution in [0.25, 0.3) is 0 Å². The predicted molar refractivity (Wildman–Crippen MR) is 113 cm³/mol. The number of amides is 2. The van der Waals surface area contributed by atoms with Gasteiger partial charge in [0.15, 0.2) is 11.5 Å². The molecule has 8 heteroatoms. The standard InChI is InChI=1S/C22H33N3O5/c1-4-30-22(27)25-14-12-24(13-15-25)21(26)17-8-10-23(11-9-17)16-18-6-5-7-19(28-2)20(18)29-3/h5-7,17H,4,8-16H2,1-3H3. The molecule has 2 heterocycles. The molecule has 0 radical (unpaired) electrons. The molecule has 2 saturated heterocycles. The van der Waals surface area contributed by atoms with Gasteiger partial charge in [0.1, 0.15) is 0 Å². The van der Waals surface area contributed by atoms with E-state index >= 15 is 0 Å². The number of nitrogens with zero attached hydrogens (tertiary/aromatic N) is 3. The molecule has 8 nitrogen and oxygen atoms in total. The lowest BCUT2D eigenvalue weighted by Gasteiger charge is -2.38. The van der Waals surface area contributed by atoms with Gasteiger partial charge in [-0.1, -0.05) is 12.1 Å². The number of piperazine rings is 1. The largest absolute Gasteiger partial charge is 0.493 e. The van der Waals surface area contributed by atoms with Gasteiger partial charge >= 0.3 is 6.09 Å². The molecular weight excluding hydrogens is 386 g/mol. The summed E-state index contributed by atoms with van der Waals surface area (Å²) in [5, 5.41) is 0. The van der Waals surface area contributed by atoms with Crippen molar-refractivity contribution in [1.82, 2.24) is 14.7 Å². The first kappa shape index (κ1) is 22.2. The highest BCUT2D eigenvalue weighted by molar-refractivity contribution is 5.79. The van der Waals surface area contributed by atoms with E-state index in [2.05, 4.69) is 11.0 Å². The summed E-state index contributed by atoms with van der Waals surface area (Å²) >= 11 is 0. The Labute approximate surface area is 178 Å². The van der Waals surface area contributed by atoms with Gasteiger partial charge < -0.3 is 24.0 Å². The molecule has 0 N–H and O–H groups in total. The molecule has 1 aromatic rings. The number of hydrogen-bond acceptors (Lipinski definition) is 6. The quantitative estimate of drug-likeness (QED) is 0.704. The monoisotopic (exact) mass is 419 g/mol. The first-order chi connectivity index (χ1) is 14.6. The minimum absolute atomic E-state index is 0.0580. The third-order valence-electron chi connectivity index (χ3n) is 5.93. The summed E-state index contributed by atoms with van der Waals surface area (Å²) in [5.74, 6) is 1.79. The zero-order chi connectivity index (χ0) is 21.5. The van der Waals surface area contributed by atoms with Crippen molar-refractivity contribution in [2.24, 2.45) is 5.92 Å². The van der Waals surface area contributed by atoms with Crippen LogP contribution in [0.1, 0.15) is 25.3 Å². The number of para-hydroxylation sites is 1. The van der Waals surface area contributed by atoms with Gasteiger partial charge in [0, 0.05) is 44.2 Å². The Hall–Kier alpha value is -2.48. The number of likely N-dealkylation sites (tertiary alicyclic amines) is 1. The van der Waals surface area contributed by atoms with Gasteiger partial charge in [-0.05, 0) is 38.9 Å². The minimum atomic E-state index is -0.286. The number of carbonyl (C=O) groups excluding carboxylic acids is 2. The molecule has 0 atom stereocenters. The Morgan fingerprint density at radius 2 is 1.63 bits per heavy atom. The molecule has 2 aliphatic rings. The number of rotatable bonds is 6. The van der Waals surface area contributed by atoms with Crippen molar-refractivity contribution in [1.29, 1.82) is 0 Å². The van der Waals surface area contributed by atoms with Crippen molar-refractivity contribution in [3.8, 4) is 11.5 Å². The van der Waals surface area contributed by atoms with Gasteiger partial charge in [0.2, 0.25) is 5.91 Å². The van der Waals surface area contributed by atoms with Crippen molar-refractivity contribution in [3.05, 3.63) is 23.8 Å². The maximum absolute atomic E-state index is 12.9. The number of methoxy groups -OCH3 is 2. The number of piperidine rings is 1. The van der Waals surface area contributed by atoms with Crippen molar-refractivity contribution in [2.45, 2.75) is 26.3 Å². The van der Waals surface area contributed by atoms with Crippen LogP contribution >= 0.6 is 0 Å². The van der Waals surface area contributed by atoms with Crippen LogP contribution in [0, 0.1) is 5.92 Å². The number of carbonyl (C=O) groups is 2. The van der Waals surface area contributed by atoms with Crippen LogP contribution in [0.15, 0.2) is 18.2 Å². The molecule has 0 aromatic heterocycles. The van der Waals surface area contributed by atoms with Crippen molar-refractivity contribution in [3.63, 3.8) is 0 Å². The lowest BCUT2D eigenvalue weighted by Crippen LogP contribution is -2.53. The highest BCUT2D eigenvalue weighted by Crippen LogP contribution is 2.32. The van der Waals surface area contributed by atoms with E-state index < -0.39 is 0 Å². The normalized spacial score (nSPS) is 18.2. The summed E-state index contributed by atoms with van der Waals surface area (Å²) in [5.41, 5.74) is 1.09. The average Bonchev–Trinajstić information content (AvgIpc) is 2.79. The van der Waals surface area contributed by atoms with Gasteiger partial charge in [-0.15, -0.1) is 0 Å². The van der Waals surface area contributed by atoms with E-state index in [0.29, 0.717) is 32.8 Å². The lowest BCUT2D eigenvalue weighted by atomic mass is 9.94. The SMILES string of the molecule is CCOC(=O)N1CCN(C(=O)C2CCN(Cc3cccc(OC)c3OC)CC2)CC1. The van der Waals surface area contributed by atoms with E-state index in [0.717, 1.165) is 49.5 Å².